The average molecular weight is 512 g/mol. The molecule has 0 N–H and O–H groups in total. The molecule has 3 aromatic carbocycles. The monoisotopic (exact) mass is 510 g/mol. The van der Waals surface area contributed by atoms with Crippen molar-refractivity contribution in [2.75, 3.05) is 6.61 Å². The Balaban J connectivity index is 1.53. The van der Waals surface area contributed by atoms with E-state index < -0.39 is 0 Å². The van der Waals surface area contributed by atoms with Crippen molar-refractivity contribution in [3.63, 3.8) is 0 Å². The summed E-state index contributed by atoms with van der Waals surface area (Å²) in [5.74, 6) is 1.53. The van der Waals surface area contributed by atoms with Crippen LogP contribution in [0, 0.1) is 13.8 Å². The van der Waals surface area contributed by atoms with Gasteiger partial charge in [0.25, 0.3) is 5.56 Å². The first kappa shape index (κ1) is 22.6. The van der Waals surface area contributed by atoms with E-state index in [-0.39, 0.29) is 5.56 Å². The molecule has 6 heteroatoms. The van der Waals surface area contributed by atoms with Gasteiger partial charge in [0.05, 0.1) is 22.0 Å². The van der Waals surface area contributed by atoms with Gasteiger partial charge in [0.2, 0.25) is 0 Å². The molecule has 4 nitrogen and oxygen atoms in total. The highest BCUT2D eigenvalue weighted by atomic mass is 79.9. The van der Waals surface area contributed by atoms with Crippen molar-refractivity contribution < 1.29 is 4.74 Å². The Bertz CT molecular complexity index is 1290. The zero-order chi connectivity index (χ0) is 22.7. The zero-order valence-electron chi connectivity index (χ0n) is 18.1. The smallest absolute Gasteiger partial charge is 0.261 e. The molecule has 32 heavy (non-hydrogen) atoms. The maximum Gasteiger partial charge on any atom is 0.261 e. The minimum absolute atomic E-state index is 0.0291. The average Bonchev–Trinajstić information content (AvgIpc) is 2.77. The van der Waals surface area contributed by atoms with Crippen LogP contribution in [0.3, 0.4) is 0 Å². The predicted molar refractivity (Wildman–Crippen MR) is 135 cm³/mol. The second-order valence-corrected chi connectivity index (χ2v) is 9.16. The summed E-state index contributed by atoms with van der Waals surface area (Å²) in [5, 5.41) is 1.28. The molecular weight excluding hydrogens is 488 g/mol. The summed E-state index contributed by atoms with van der Waals surface area (Å²) in [7, 11) is 0. The van der Waals surface area contributed by atoms with E-state index in [0.29, 0.717) is 34.9 Å². The zero-order valence-corrected chi connectivity index (χ0v) is 20.4. The number of benzene rings is 3. The van der Waals surface area contributed by atoms with Gasteiger partial charge in [-0.1, -0.05) is 29.8 Å². The molecule has 0 unspecified atom stereocenters. The number of ether oxygens (including phenoxy) is 1. The van der Waals surface area contributed by atoms with Crippen LogP contribution in [0.1, 0.15) is 24.0 Å². The summed E-state index contributed by atoms with van der Waals surface area (Å²) in [4.78, 5) is 18.1. The maximum atomic E-state index is 13.3. The van der Waals surface area contributed by atoms with Gasteiger partial charge in [0.1, 0.15) is 11.6 Å². The van der Waals surface area contributed by atoms with Crippen LogP contribution >= 0.6 is 27.5 Å². The van der Waals surface area contributed by atoms with E-state index >= 15 is 0 Å². The second-order valence-electron chi connectivity index (χ2n) is 7.86. The minimum atomic E-state index is -0.0291. The van der Waals surface area contributed by atoms with Gasteiger partial charge in [-0.25, -0.2) is 4.98 Å². The number of aryl methyl sites for hydroxylation is 2. The first-order valence-corrected chi connectivity index (χ1v) is 11.8. The SMILES string of the molecule is Cc1cc(C)c(OCCCCn2c(-c3ccc(Cl)cc3)nc3ccccc3c2=O)c(Br)c1. The van der Waals surface area contributed by atoms with Gasteiger partial charge in [-0.05, 0) is 96.2 Å². The second kappa shape index (κ2) is 9.88. The van der Waals surface area contributed by atoms with E-state index in [2.05, 4.69) is 35.0 Å². The molecule has 4 rings (SSSR count). The molecule has 0 fully saturated rings. The summed E-state index contributed by atoms with van der Waals surface area (Å²) >= 11 is 9.65. The van der Waals surface area contributed by atoms with E-state index in [4.69, 9.17) is 21.3 Å². The van der Waals surface area contributed by atoms with Gasteiger partial charge in [-0.15, -0.1) is 0 Å². The van der Waals surface area contributed by atoms with Gasteiger partial charge in [0, 0.05) is 17.1 Å². The number of nitrogens with zero attached hydrogens (tertiary/aromatic N) is 2. The lowest BCUT2D eigenvalue weighted by atomic mass is 10.1. The topological polar surface area (TPSA) is 44.1 Å². The van der Waals surface area contributed by atoms with Crippen molar-refractivity contribution in [3.05, 3.63) is 91.6 Å². The third-order valence-electron chi connectivity index (χ3n) is 5.36. The molecule has 0 saturated carbocycles. The molecule has 0 saturated heterocycles. The van der Waals surface area contributed by atoms with Crippen molar-refractivity contribution >= 4 is 38.4 Å². The van der Waals surface area contributed by atoms with Crippen LogP contribution in [0.25, 0.3) is 22.3 Å². The Morgan fingerprint density at radius 2 is 1.78 bits per heavy atom. The number of hydrogen-bond acceptors (Lipinski definition) is 3. The van der Waals surface area contributed by atoms with Crippen LogP contribution in [0.4, 0.5) is 0 Å². The first-order chi connectivity index (χ1) is 15.4. The molecule has 0 spiro atoms. The number of halogens is 2. The molecule has 0 aliphatic carbocycles. The Kier molecular flexibility index (Phi) is 6.97. The Morgan fingerprint density at radius 3 is 2.53 bits per heavy atom. The number of fused-ring (bicyclic) bond motifs is 1. The van der Waals surface area contributed by atoms with E-state index in [9.17, 15) is 4.79 Å². The van der Waals surface area contributed by atoms with Crippen molar-refractivity contribution in [1.29, 1.82) is 0 Å². The lowest BCUT2D eigenvalue weighted by molar-refractivity contribution is 0.299. The third kappa shape index (κ3) is 4.89. The number of rotatable bonds is 7. The molecule has 0 bridgehead atoms. The molecule has 0 aliphatic heterocycles. The van der Waals surface area contributed by atoms with Crippen LogP contribution in [0.2, 0.25) is 5.02 Å². The lowest BCUT2D eigenvalue weighted by Crippen LogP contribution is -2.24. The molecule has 1 heterocycles. The third-order valence-corrected chi connectivity index (χ3v) is 6.20. The maximum absolute atomic E-state index is 13.3. The van der Waals surface area contributed by atoms with Crippen LogP contribution in [0.5, 0.6) is 5.75 Å². The number of unbranched alkanes of at least 4 members (excludes halogenated alkanes) is 1. The fourth-order valence-electron chi connectivity index (χ4n) is 3.83. The standard InChI is InChI=1S/C26H24BrClN2O2/c1-17-15-18(2)24(22(27)16-17)32-14-6-5-13-30-25(19-9-11-20(28)12-10-19)29-23-8-4-3-7-21(23)26(30)31/h3-4,7-12,15-16H,5-6,13-14H2,1-2H3. The van der Waals surface area contributed by atoms with Crippen molar-refractivity contribution in [1.82, 2.24) is 9.55 Å². The number of hydrogen-bond donors (Lipinski definition) is 0. The summed E-state index contributed by atoms with van der Waals surface area (Å²) in [6.45, 7) is 5.25. The molecule has 164 valence electrons. The Labute approximate surface area is 201 Å². The molecule has 4 aromatic rings. The van der Waals surface area contributed by atoms with Crippen LogP contribution in [-0.2, 0) is 6.54 Å². The highest BCUT2D eigenvalue weighted by Crippen LogP contribution is 2.30. The van der Waals surface area contributed by atoms with Crippen LogP contribution in [0.15, 0.2) is 69.9 Å². The summed E-state index contributed by atoms with van der Waals surface area (Å²) in [6.07, 6.45) is 1.61. The lowest BCUT2D eigenvalue weighted by Gasteiger charge is -2.15. The van der Waals surface area contributed by atoms with Crippen LogP contribution in [-0.4, -0.2) is 16.2 Å². The predicted octanol–water partition coefficient (Wildman–Crippen LogP) is 6.96. The fraction of sp³-hybridized carbons (Fsp3) is 0.231. The highest BCUT2D eigenvalue weighted by molar-refractivity contribution is 9.10. The highest BCUT2D eigenvalue weighted by Gasteiger charge is 2.13. The first-order valence-electron chi connectivity index (χ1n) is 10.6. The van der Waals surface area contributed by atoms with Crippen molar-refractivity contribution in [3.8, 4) is 17.1 Å². The fourth-order valence-corrected chi connectivity index (χ4v) is 4.74. The minimum Gasteiger partial charge on any atom is -0.492 e. The quantitative estimate of drug-likeness (QED) is 0.252. The van der Waals surface area contributed by atoms with Gasteiger partial charge < -0.3 is 4.74 Å². The van der Waals surface area contributed by atoms with Crippen LogP contribution < -0.4 is 10.3 Å². The number of aromatic nitrogens is 2. The van der Waals surface area contributed by atoms with Crippen molar-refractivity contribution in [2.24, 2.45) is 0 Å². The van der Waals surface area contributed by atoms with Gasteiger partial charge in [-0.2, -0.15) is 0 Å². The normalized spacial score (nSPS) is 11.1. The number of para-hydroxylation sites is 1. The largest absolute Gasteiger partial charge is 0.492 e. The van der Waals surface area contributed by atoms with Crippen molar-refractivity contribution in [2.45, 2.75) is 33.2 Å². The molecule has 0 radical (unpaired) electrons. The van der Waals surface area contributed by atoms with E-state index in [1.807, 2.05) is 55.5 Å². The van der Waals surface area contributed by atoms with Gasteiger partial charge in [0.15, 0.2) is 0 Å². The van der Waals surface area contributed by atoms with E-state index in [0.717, 1.165) is 34.2 Å². The molecule has 1 aromatic heterocycles. The van der Waals surface area contributed by atoms with Gasteiger partial charge >= 0.3 is 0 Å². The summed E-state index contributed by atoms with van der Waals surface area (Å²) < 4.78 is 8.75. The molecule has 0 atom stereocenters. The molecule has 0 amide bonds. The van der Waals surface area contributed by atoms with Gasteiger partial charge in [-0.3, -0.25) is 9.36 Å². The summed E-state index contributed by atoms with van der Waals surface area (Å²) in [6, 6.07) is 19.1. The summed E-state index contributed by atoms with van der Waals surface area (Å²) in [5.41, 5.74) is 3.84. The molecular formula is C26H24BrClN2O2. The van der Waals surface area contributed by atoms with E-state index in [1.54, 1.807) is 4.57 Å². The Morgan fingerprint density at radius 1 is 1.03 bits per heavy atom. The van der Waals surface area contributed by atoms with E-state index in [1.165, 1.54) is 5.56 Å². The Hall–Kier alpha value is -2.63. The molecule has 0 aliphatic rings.